The molecule has 11 nitrogen and oxygen atoms in total. The van der Waals surface area contributed by atoms with Gasteiger partial charge < -0.3 is 14.8 Å². The summed E-state index contributed by atoms with van der Waals surface area (Å²) in [5, 5.41) is 4.98. The van der Waals surface area contributed by atoms with E-state index in [9.17, 15) is 18.9 Å². The summed E-state index contributed by atoms with van der Waals surface area (Å²) in [6, 6.07) is 9.11. The van der Waals surface area contributed by atoms with Crippen LogP contribution in [-0.4, -0.2) is 61.8 Å². The predicted octanol–water partition coefficient (Wildman–Crippen LogP) is 2.34. The van der Waals surface area contributed by atoms with Crippen LogP contribution in [0.1, 0.15) is 32.8 Å². The van der Waals surface area contributed by atoms with Crippen LogP contribution in [0.4, 0.5) is 0 Å². The fourth-order valence-electron chi connectivity index (χ4n) is 3.32. The first-order valence-corrected chi connectivity index (χ1v) is 12.9. The van der Waals surface area contributed by atoms with E-state index in [0.717, 1.165) is 5.56 Å². The molecule has 1 fully saturated rings. The molecule has 194 valence electrons. The number of ether oxygens (including phenoxy) is 2. The van der Waals surface area contributed by atoms with Crippen molar-refractivity contribution >= 4 is 26.0 Å². The Morgan fingerprint density at radius 1 is 1.26 bits per heavy atom. The highest BCUT2D eigenvalue weighted by atomic mass is 31.2. The van der Waals surface area contributed by atoms with E-state index in [4.69, 9.17) is 18.5 Å². The quantitative estimate of drug-likeness (QED) is 0.167. The van der Waals surface area contributed by atoms with Crippen LogP contribution in [0.5, 0.6) is 0 Å². The Balaban J connectivity index is 2.01. The smallest absolute Gasteiger partial charge is 0.406 e. The highest BCUT2D eigenvalue weighted by Crippen LogP contribution is 2.45. The zero-order valence-electron chi connectivity index (χ0n) is 20.4. The second kappa shape index (κ2) is 14.1. The highest BCUT2D eigenvalue weighted by molar-refractivity contribution is 7.51. The van der Waals surface area contributed by atoms with Gasteiger partial charge in [-0.2, -0.15) is 0 Å². The molecule has 0 bridgehead atoms. The molecule has 1 aliphatic rings. The second-order valence-electron chi connectivity index (χ2n) is 8.27. The van der Waals surface area contributed by atoms with Crippen molar-refractivity contribution in [3.05, 3.63) is 48.2 Å². The van der Waals surface area contributed by atoms with Crippen molar-refractivity contribution < 1.29 is 37.5 Å². The van der Waals surface area contributed by atoms with E-state index in [-0.39, 0.29) is 37.7 Å². The Morgan fingerprint density at radius 3 is 2.60 bits per heavy atom. The number of likely N-dealkylation sites (N-methyl/N-ethyl adjacent to an activating group) is 1. The first-order valence-electron chi connectivity index (χ1n) is 11.3. The van der Waals surface area contributed by atoms with Crippen LogP contribution in [-0.2, 0) is 44.1 Å². The van der Waals surface area contributed by atoms with Gasteiger partial charge in [0.05, 0.1) is 25.4 Å². The van der Waals surface area contributed by atoms with E-state index in [1.165, 1.54) is 24.2 Å². The number of rotatable bonds is 14. The van der Waals surface area contributed by atoms with Gasteiger partial charge in [-0.25, -0.2) is 9.65 Å². The summed E-state index contributed by atoms with van der Waals surface area (Å²) in [7, 11) is -2.43. The van der Waals surface area contributed by atoms with Crippen LogP contribution < -0.4 is 10.4 Å². The lowest BCUT2D eigenvalue weighted by molar-refractivity contribution is -0.146. The molecule has 1 saturated heterocycles. The molecule has 0 saturated carbocycles. The van der Waals surface area contributed by atoms with Crippen molar-refractivity contribution in [2.75, 3.05) is 20.2 Å². The summed E-state index contributed by atoms with van der Waals surface area (Å²) in [6.07, 6.45) is 2.20. The van der Waals surface area contributed by atoms with Crippen LogP contribution in [0.15, 0.2) is 42.6 Å². The standard InChI is InChI=1S/C23H34N3O8P/c1-17(2)33-22(29)13-25-35(30,31-14-19-8-6-5-7-9-19)32-15-20-12-18(3)23(34-20)26(16-27)11-10-21(28)24-4/h5-11,16-18,20,23H,12-15H2,1-4H3,(H,24,28)(H,25,30)/b11-10-. The van der Waals surface area contributed by atoms with Crippen molar-refractivity contribution in [1.29, 1.82) is 0 Å². The molecule has 1 heterocycles. The molecule has 1 aromatic rings. The Labute approximate surface area is 205 Å². The number of hydrogen-bond donors (Lipinski definition) is 2. The Hall–Kier alpha value is -2.56. The summed E-state index contributed by atoms with van der Waals surface area (Å²) >= 11 is 0. The normalized spacial score (nSPS) is 21.6. The lowest BCUT2D eigenvalue weighted by Crippen LogP contribution is -2.34. The molecular formula is C23H34N3O8P. The molecular weight excluding hydrogens is 477 g/mol. The molecule has 0 radical (unpaired) electrons. The van der Waals surface area contributed by atoms with Crippen LogP contribution >= 0.6 is 7.75 Å². The summed E-state index contributed by atoms with van der Waals surface area (Å²) < 4.78 is 35.5. The fraction of sp³-hybridized carbons (Fsp3) is 0.522. The Morgan fingerprint density at radius 2 is 1.97 bits per heavy atom. The lowest BCUT2D eigenvalue weighted by atomic mass is 10.1. The average Bonchev–Trinajstić information content (AvgIpc) is 3.21. The number of amides is 2. The van der Waals surface area contributed by atoms with Gasteiger partial charge in [-0.3, -0.25) is 28.3 Å². The second-order valence-corrected chi connectivity index (χ2v) is 10.1. The lowest BCUT2D eigenvalue weighted by Gasteiger charge is -2.24. The van der Waals surface area contributed by atoms with Gasteiger partial charge in [0.2, 0.25) is 12.3 Å². The third-order valence-corrected chi connectivity index (χ3v) is 6.48. The minimum atomic E-state index is -3.92. The van der Waals surface area contributed by atoms with Crippen LogP contribution in [0.2, 0.25) is 0 Å². The van der Waals surface area contributed by atoms with Crippen molar-refractivity contribution in [1.82, 2.24) is 15.3 Å². The van der Waals surface area contributed by atoms with E-state index >= 15 is 0 Å². The Bertz CT molecular complexity index is 911. The molecule has 4 unspecified atom stereocenters. The third-order valence-electron chi connectivity index (χ3n) is 4.97. The maximum absolute atomic E-state index is 13.4. The molecule has 1 aliphatic heterocycles. The number of nitrogens with one attached hydrogen (secondary N) is 2. The van der Waals surface area contributed by atoms with Crippen LogP contribution in [0.25, 0.3) is 0 Å². The molecule has 0 spiro atoms. The van der Waals surface area contributed by atoms with Crippen molar-refractivity contribution in [2.45, 2.75) is 52.2 Å². The molecule has 35 heavy (non-hydrogen) atoms. The fourth-order valence-corrected chi connectivity index (χ4v) is 4.58. The molecule has 2 rings (SSSR count). The van der Waals surface area contributed by atoms with Crippen molar-refractivity contribution in [3.63, 3.8) is 0 Å². The van der Waals surface area contributed by atoms with Gasteiger partial charge in [-0.1, -0.05) is 37.3 Å². The molecule has 1 aromatic carbocycles. The maximum Gasteiger partial charge on any atom is 0.406 e. The number of carbonyl (C=O) groups excluding carboxylic acids is 3. The largest absolute Gasteiger partial charge is 0.462 e. The number of hydrogen-bond acceptors (Lipinski definition) is 8. The topological polar surface area (TPSA) is 132 Å². The number of esters is 1. The van der Waals surface area contributed by atoms with Gasteiger partial charge in [-0.15, -0.1) is 0 Å². The molecule has 12 heteroatoms. The number of carbonyl (C=O) groups is 3. The SMILES string of the molecule is CNC(=O)/C=C\N(C=O)C1OC(COP(=O)(NCC(=O)OC(C)C)OCc2ccccc2)CC1C. The average molecular weight is 512 g/mol. The van der Waals surface area contributed by atoms with E-state index in [1.54, 1.807) is 13.8 Å². The van der Waals surface area contributed by atoms with Crippen LogP contribution in [0.3, 0.4) is 0 Å². The molecule has 2 N–H and O–H groups in total. The highest BCUT2D eigenvalue weighted by Gasteiger charge is 2.37. The van der Waals surface area contributed by atoms with Gasteiger partial charge in [0.1, 0.15) is 12.8 Å². The summed E-state index contributed by atoms with van der Waals surface area (Å²) in [5.41, 5.74) is 0.776. The van der Waals surface area contributed by atoms with Gasteiger partial charge in [-0.05, 0) is 25.8 Å². The van der Waals surface area contributed by atoms with Gasteiger partial charge >= 0.3 is 13.7 Å². The Kier molecular flexibility index (Phi) is 11.6. The first kappa shape index (κ1) is 28.7. The zero-order chi connectivity index (χ0) is 25.8. The van der Waals surface area contributed by atoms with Gasteiger partial charge in [0.15, 0.2) is 0 Å². The third kappa shape index (κ3) is 9.91. The van der Waals surface area contributed by atoms with E-state index in [2.05, 4.69) is 10.4 Å². The predicted molar refractivity (Wildman–Crippen MR) is 128 cm³/mol. The molecule has 0 aliphatic carbocycles. The van der Waals surface area contributed by atoms with Crippen molar-refractivity contribution in [2.24, 2.45) is 5.92 Å². The first-order chi connectivity index (χ1) is 16.7. The zero-order valence-corrected chi connectivity index (χ0v) is 21.3. The van der Waals surface area contributed by atoms with Gasteiger partial charge in [0.25, 0.3) is 0 Å². The van der Waals surface area contributed by atoms with E-state index in [1.807, 2.05) is 37.3 Å². The monoisotopic (exact) mass is 511 g/mol. The van der Waals surface area contributed by atoms with Crippen molar-refractivity contribution in [3.8, 4) is 0 Å². The van der Waals surface area contributed by atoms with E-state index < -0.39 is 26.0 Å². The molecule has 4 atom stereocenters. The minimum Gasteiger partial charge on any atom is -0.462 e. The van der Waals surface area contributed by atoms with Crippen LogP contribution in [0, 0.1) is 5.92 Å². The molecule has 2 amide bonds. The summed E-state index contributed by atoms with van der Waals surface area (Å²) in [5.74, 6) is -1.04. The summed E-state index contributed by atoms with van der Waals surface area (Å²) in [4.78, 5) is 36.2. The number of benzene rings is 1. The maximum atomic E-state index is 13.4. The van der Waals surface area contributed by atoms with Gasteiger partial charge in [0, 0.05) is 25.2 Å². The number of nitrogens with zero attached hydrogens (tertiary/aromatic N) is 1. The van der Waals surface area contributed by atoms with E-state index in [0.29, 0.717) is 12.8 Å². The minimum absolute atomic E-state index is 0.00188. The molecule has 0 aromatic heterocycles. The summed E-state index contributed by atoms with van der Waals surface area (Å²) in [6.45, 7) is 4.84.